The molecule has 2 aromatic rings. The Morgan fingerprint density at radius 2 is 1.72 bits per heavy atom. The van der Waals surface area contributed by atoms with Crippen molar-refractivity contribution in [3.8, 4) is 5.75 Å². The van der Waals surface area contributed by atoms with Crippen molar-refractivity contribution in [1.82, 2.24) is 5.32 Å². The molecule has 2 heterocycles. The number of hydrogen-bond donors (Lipinski definition) is 1. The van der Waals surface area contributed by atoms with E-state index in [1.54, 1.807) is 6.07 Å². The number of morpholine rings is 1. The number of hydrogen-bond acceptors (Lipinski definition) is 4. The van der Waals surface area contributed by atoms with Crippen LogP contribution in [0.5, 0.6) is 5.75 Å². The second kappa shape index (κ2) is 7.42. The summed E-state index contributed by atoms with van der Waals surface area (Å²) in [5.41, 5.74) is 4.14. The summed E-state index contributed by atoms with van der Waals surface area (Å²) in [5, 5.41) is 3.39. The Bertz CT molecular complexity index is 744. The van der Waals surface area contributed by atoms with Gasteiger partial charge in [-0.1, -0.05) is 18.2 Å². The fourth-order valence-electron chi connectivity index (χ4n) is 3.42. The lowest BCUT2D eigenvalue weighted by atomic mass is 10.1. The molecule has 2 aromatic carbocycles. The van der Waals surface area contributed by atoms with E-state index in [4.69, 9.17) is 9.47 Å². The van der Waals surface area contributed by atoms with Gasteiger partial charge in [-0.3, -0.25) is 0 Å². The van der Waals surface area contributed by atoms with Crippen LogP contribution in [-0.4, -0.2) is 32.9 Å². The molecule has 0 spiro atoms. The molecule has 132 valence electrons. The molecule has 2 aliphatic heterocycles. The van der Waals surface area contributed by atoms with Crippen molar-refractivity contribution in [2.75, 3.05) is 37.8 Å². The van der Waals surface area contributed by atoms with Gasteiger partial charge < -0.3 is 19.7 Å². The zero-order valence-electron chi connectivity index (χ0n) is 14.3. The van der Waals surface area contributed by atoms with Gasteiger partial charge in [-0.05, 0) is 34.9 Å². The zero-order chi connectivity index (χ0) is 17.1. The Kier molecular flexibility index (Phi) is 4.85. The molecule has 0 aromatic heterocycles. The maximum Gasteiger partial charge on any atom is 0.146 e. The van der Waals surface area contributed by atoms with E-state index < -0.39 is 0 Å². The predicted molar refractivity (Wildman–Crippen MR) is 95.6 cm³/mol. The number of ether oxygens (including phenoxy) is 2. The minimum absolute atomic E-state index is 0.157. The van der Waals surface area contributed by atoms with Crippen LogP contribution < -0.4 is 15.0 Å². The molecule has 0 radical (unpaired) electrons. The summed E-state index contributed by atoms with van der Waals surface area (Å²) in [5.74, 6) is 0.848. The third-order valence-corrected chi connectivity index (χ3v) is 4.78. The molecular weight excluding hydrogens is 319 g/mol. The average molecular weight is 342 g/mol. The van der Waals surface area contributed by atoms with Crippen LogP contribution in [0.25, 0.3) is 0 Å². The minimum atomic E-state index is -0.157. The molecule has 0 bridgehead atoms. The van der Waals surface area contributed by atoms with Gasteiger partial charge in [0.15, 0.2) is 0 Å². The summed E-state index contributed by atoms with van der Waals surface area (Å²) < 4.78 is 25.3. The number of nitrogens with one attached hydrogen (secondary N) is 1. The van der Waals surface area contributed by atoms with E-state index in [2.05, 4.69) is 17.4 Å². The second-order valence-electron chi connectivity index (χ2n) is 6.53. The first-order valence-corrected chi connectivity index (χ1v) is 8.86. The molecule has 4 nitrogen and oxygen atoms in total. The highest BCUT2D eigenvalue weighted by atomic mass is 19.1. The van der Waals surface area contributed by atoms with Crippen molar-refractivity contribution >= 4 is 5.69 Å². The maximum atomic E-state index is 14.4. The summed E-state index contributed by atoms with van der Waals surface area (Å²) >= 11 is 0. The van der Waals surface area contributed by atoms with Crippen molar-refractivity contribution < 1.29 is 13.9 Å². The van der Waals surface area contributed by atoms with Gasteiger partial charge in [0.2, 0.25) is 0 Å². The molecule has 5 heteroatoms. The Labute approximate surface area is 147 Å². The van der Waals surface area contributed by atoms with Gasteiger partial charge in [0, 0.05) is 32.6 Å². The van der Waals surface area contributed by atoms with Gasteiger partial charge in [0.25, 0.3) is 0 Å². The molecule has 1 fully saturated rings. The first-order valence-electron chi connectivity index (χ1n) is 8.86. The maximum absolute atomic E-state index is 14.4. The van der Waals surface area contributed by atoms with Crippen LogP contribution in [0.3, 0.4) is 0 Å². The Balaban J connectivity index is 1.34. The summed E-state index contributed by atoms with van der Waals surface area (Å²) in [6.45, 7) is 5.01. The first kappa shape index (κ1) is 16.4. The van der Waals surface area contributed by atoms with Crippen molar-refractivity contribution in [3.63, 3.8) is 0 Å². The number of fused-ring (bicyclic) bond motifs is 1. The summed E-state index contributed by atoms with van der Waals surface area (Å²) in [4.78, 5) is 2.04. The largest absolute Gasteiger partial charge is 0.493 e. The van der Waals surface area contributed by atoms with Gasteiger partial charge in [0.05, 0.1) is 25.5 Å². The van der Waals surface area contributed by atoms with Gasteiger partial charge >= 0.3 is 0 Å². The minimum Gasteiger partial charge on any atom is -0.493 e. The third kappa shape index (κ3) is 3.78. The molecule has 0 amide bonds. The smallest absolute Gasteiger partial charge is 0.146 e. The molecule has 1 saturated heterocycles. The monoisotopic (exact) mass is 342 g/mol. The van der Waals surface area contributed by atoms with Crippen LogP contribution >= 0.6 is 0 Å². The molecule has 0 aliphatic carbocycles. The average Bonchev–Trinajstić information content (AvgIpc) is 3.10. The van der Waals surface area contributed by atoms with Gasteiger partial charge in [0.1, 0.15) is 11.6 Å². The normalized spacial score (nSPS) is 16.6. The van der Waals surface area contributed by atoms with Gasteiger partial charge in [-0.25, -0.2) is 4.39 Å². The fourth-order valence-corrected chi connectivity index (χ4v) is 3.42. The van der Waals surface area contributed by atoms with Crippen LogP contribution in [0.2, 0.25) is 0 Å². The first-order chi connectivity index (χ1) is 12.3. The topological polar surface area (TPSA) is 33.7 Å². The Hall–Kier alpha value is -2.11. The van der Waals surface area contributed by atoms with Crippen LogP contribution in [-0.2, 0) is 24.2 Å². The van der Waals surface area contributed by atoms with E-state index in [9.17, 15) is 4.39 Å². The standard InChI is InChI=1S/C20H23FN2O2/c21-18-12-16(1-3-19(18)23-6-9-24-10-7-23)14-22-13-15-2-4-20-17(11-15)5-8-25-20/h1-4,11-12,22H,5-10,13-14H2. The summed E-state index contributed by atoms with van der Waals surface area (Å²) in [6.07, 6.45) is 0.984. The lowest BCUT2D eigenvalue weighted by molar-refractivity contribution is 0.122. The molecule has 0 unspecified atom stereocenters. The van der Waals surface area contributed by atoms with Gasteiger partial charge in [-0.2, -0.15) is 0 Å². The highest BCUT2D eigenvalue weighted by Crippen LogP contribution is 2.26. The molecule has 25 heavy (non-hydrogen) atoms. The predicted octanol–water partition coefficient (Wildman–Crippen LogP) is 2.89. The van der Waals surface area contributed by atoms with E-state index in [1.807, 2.05) is 23.1 Å². The highest BCUT2D eigenvalue weighted by molar-refractivity contribution is 5.49. The van der Waals surface area contributed by atoms with Crippen LogP contribution in [0.4, 0.5) is 10.1 Å². The molecule has 0 atom stereocenters. The summed E-state index contributed by atoms with van der Waals surface area (Å²) in [6, 6.07) is 11.8. The van der Waals surface area contributed by atoms with E-state index in [0.29, 0.717) is 25.4 Å². The van der Waals surface area contributed by atoms with E-state index in [-0.39, 0.29) is 5.82 Å². The van der Waals surface area contributed by atoms with Crippen molar-refractivity contribution in [2.45, 2.75) is 19.5 Å². The molecular formula is C20H23FN2O2. The number of halogens is 1. The fraction of sp³-hybridized carbons (Fsp3) is 0.400. The zero-order valence-corrected chi connectivity index (χ0v) is 14.3. The SMILES string of the molecule is Fc1cc(CNCc2ccc3c(c2)CCO3)ccc1N1CCOCC1. The van der Waals surface area contributed by atoms with Crippen LogP contribution in [0, 0.1) is 5.82 Å². The quantitative estimate of drug-likeness (QED) is 0.906. The van der Waals surface area contributed by atoms with Gasteiger partial charge in [-0.15, -0.1) is 0 Å². The molecule has 0 saturated carbocycles. The number of nitrogens with zero attached hydrogens (tertiary/aromatic N) is 1. The second-order valence-corrected chi connectivity index (χ2v) is 6.53. The van der Waals surface area contributed by atoms with Crippen LogP contribution in [0.1, 0.15) is 16.7 Å². The third-order valence-electron chi connectivity index (χ3n) is 4.78. The van der Waals surface area contributed by atoms with Crippen molar-refractivity contribution in [3.05, 3.63) is 58.9 Å². The number of benzene rings is 2. The number of anilines is 1. The van der Waals surface area contributed by atoms with E-state index in [0.717, 1.165) is 44.0 Å². The van der Waals surface area contributed by atoms with Crippen molar-refractivity contribution in [1.29, 1.82) is 0 Å². The Morgan fingerprint density at radius 3 is 2.52 bits per heavy atom. The Morgan fingerprint density at radius 1 is 0.960 bits per heavy atom. The summed E-state index contributed by atoms with van der Waals surface area (Å²) in [7, 11) is 0. The molecule has 4 rings (SSSR count). The van der Waals surface area contributed by atoms with Crippen molar-refractivity contribution in [2.24, 2.45) is 0 Å². The number of rotatable bonds is 5. The van der Waals surface area contributed by atoms with Crippen LogP contribution in [0.15, 0.2) is 36.4 Å². The van der Waals surface area contributed by atoms with E-state index in [1.165, 1.54) is 11.1 Å². The lowest BCUT2D eigenvalue weighted by Crippen LogP contribution is -2.36. The lowest BCUT2D eigenvalue weighted by Gasteiger charge is -2.29. The highest BCUT2D eigenvalue weighted by Gasteiger charge is 2.15. The van der Waals surface area contributed by atoms with E-state index >= 15 is 0 Å². The molecule has 1 N–H and O–H groups in total. The molecule has 2 aliphatic rings.